The smallest absolute Gasteiger partial charge is 0.258 e. The summed E-state index contributed by atoms with van der Waals surface area (Å²) in [6.07, 6.45) is 8.17. The summed E-state index contributed by atoms with van der Waals surface area (Å²) in [5.41, 5.74) is 0.463. The molecule has 1 aromatic heterocycles. The number of hydrogen-bond acceptors (Lipinski definition) is 3. The van der Waals surface area contributed by atoms with Crippen molar-refractivity contribution in [2.75, 3.05) is 20.7 Å². The minimum Gasteiger partial charge on any atom is -0.494 e. The fraction of sp³-hybridized carbons (Fsp3) is 0.273. The molecule has 0 radical (unpaired) electrons. The zero-order valence-electron chi connectivity index (χ0n) is 8.73. The molecule has 0 N–H and O–H groups in total. The third kappa shape index (κ3) is 2.47. The van der Waals surface area contributed by atoms with E-state index in [1.165, 1.54) is 18.2 Å². The highest BCUT2D eigenvalue weighted by molar-refractivity contribution is 5.96. The molecule has 1 aromatic rings. The number of rotatable bonds is 3. The van der Waals surface area contributed by atoms with E-state index in [0.29, 0.717) is 11.3 Å². The monoisotopic (exact) mass is 204 g/mol. The summed E-state index contributed by atoms with van der Waals surface area (Å²) in [6.45, 7) is 0.268. The summed E-state index contributed by atoms with van der Waals surface area (Å²) in [7, 11) is 3.14. The molecule has 0 spiro atoms. The number of pyridine rings is 1. The molecule has 0 atom stereocenters. The average Bonchev–Trinajstić information content (AvgIpc) is 2.28. The van der Waals surface area contributed by atoms with Crippen molar-refractivity contribution >= 4 is 5.91 Å². The van der Waals surface area contributed by atoms with Crippen molar-refractivity contribution in [2.24, 2.45) is 0 Å². The predicted octanol–water partition coefficient (Wildman–Crippen LogP) is 0.795. The van der Waals surface area contributed by atoms with E-state index in [2.05, 4.69) is 10.9 Å². The quantitative estimate of drug-likeness (QED) is 0.684. The maximum atomic E-state index is 11.8. The van der Waals surface area contributed by atoms with Gasteiger partial charge < -0.3 is 9.64 Å². The lowest BCUT2D eigenvalue weighted by molar-refractivity contribution is 0.0809. The van der Waals surface area contributed by atoms with Gasteiger partial charge >= 0.3 is 0 Å². The Balaban J connectivity index is 2.96. The molecule has 0 aliphatic rings. The van der Waals surface area contributed by atoms with Gasteiger partial charge in [0.25, 0.3) is 5.91 Å². The van der Waals surface area contributed by atoms with Gasteiger partial charge in [-0.15, -0.1) is 6.42 Å². The van der Waals surface area contributed by atoms with Crippen LogP contribution in [0.1, 0.15) is 10.4 Å². The molecule has 4 nitrogen and oxygen atoms in total. The molecule has 4 heteroatoms. The van der Waals surface area contributed by atoms with Crippen molar-refractivity contribution in [2.45, 2.75) is 0 Å². The van der Waals surface area contributed by atoms with Gasteiger partial charge in [-0.3, -0.25) is 9.78 Å². The van der Waals surface area contributed by atoms with Crippen LogP contribution in [0.3, 0.4) is 0 Å². The van der Waals surface area contributed by atoms with Crippen LogP contribution in [0.5, 0.6) is 5.75 Å². The number of nitrogens with zero attached hydrogens (tertiary/aromatic N) is 2. The average molecular weight is 204 g/mol. The van der Waals surface area contributed by atoms with Crippen LogP contribution in [-0.4, -0.2) is 36.5 Å². The molecular formula is C11H12N2O2. The first-order chi connectivity index (χ1) is 7.20. The van der Waals surface area contributed by atoms with E-state index < -0.39 is 0 Å². The summed E-state index contributed by atoms with van der Waals surface area (Å²) in [5, 5.41) is 0. The van der Waals surface area contributed by atoms with Gasteiger partial charge in [0, 0.05) is 13.2 Å². The SMILES string of the molecule is C#CCN(C)C(=O)c1ccncc1OC. The number of carbonyl (C=O) groups excluding carboxylic acids is 1. The molecule has 0 bridgehead atoms. The van der Waals surface area contributed by atoms with Crippen LogP contribution in [0, 0.1) is 12.3 Å². The molecule has 0 unspecified atom stereocenters. The van der Waals surface area contributed by atoms with Crippen LogP contribution in [0.25, 0.3) is 0 Å². The second-order valence-corrected chi connectivity index (χ2v) is 2.94. The second kappa shape index (κ2) is 5.01. The first-order valence-electron chi connectivity index (χ1n) is 4.37. The molecule has 0 aliphatic heterocycles. The highest BCUT2D eigenvalue weighted by Gasteiger charge is 2.15. The highest BCUT2D eigenvalue weighted by atomic mass is 16.5. The lowest BCUT2D eigenvalue weighted by Crippen LogP contribution is -2.27. The first-order valence-corrected chi connectivity index (χ1v) is 4.37. The van der Waals surface area contributed by atoms with Gasteiger partial charge in [-0.1, -0.05) is 5.92 Å². The molecule has 1 amide bonds. The van der Waals surface area contributed by atoms with Crippen molar-refractivity contribution in [3.63, 3.8) is 0 Å². The fourth-order valence-corrected chi connectivity index (χ4v) is 1.13. The van der Waals surface area contributed by atoms with Crippen LogP contribution < -0.4 is 4.74 Å². The molecule has 1 heterocycles. The molecule has 0 saturated heterocycles. The zero-order valence-corrected chi connectivity index (χ0v) is 8.73. The molecule has 78 valence electrons. The summed E-state index contributed by atoms with van der Waals surface area (Å²) >= 11 is 0. The molecule has 0 aromatic carbocycles. The Morgan fingerprint density at radius 3 is 3.07 bits per heavy atom. The van der Waals surface area contributed by atoms with Gasteiger partial charge in [0.2, 0.25) is 0 Å². The van der Waals surface area contributed by atoms with E-state index in [0.717, 1.165) is 0 Å². The van der Waals surface area contributed by atoms with Crippen LogP contribution in [0.2, 0.25) is 0 Å². The van der Waals surface area contributed by atoms with Crippen LogP contribution in [-0.2, 0) is 0 Å². The highest BCUT2D eigenvalue weighted by Crippen LogP contribution is 2.16. The van der Waals surface area contributed by atoms with E-state index in [-0.39, 0.29) is 12.5 Å². The van der Waals surface area contributed by atoms with E-state index in [1.54, 1.807) is 19.3 Å². The molecule has 1 rings (SSSR count). The minimum atomic E-state index is -0.174. The lowest BCUT2D eigenvalue weighted by atomic mass is 10.2. The zero-order chi connectivity index (χ0) is 11.3. The van der Waals surface area contributed by atoms with Gasteiger partial charge in [-0.25, -0.2) is 0 Å². The molecule has 0 aliphatic carbocycles. The number of amides is 1. The molecular weight excluding hydrogens is 192 g/mol. The number of ether oxygens (including phenoxy) is 1. The third-order valence-electron chi connectivity index (χ3n) is 1.91. The van der Waals surface area contributed by atoms with Crippen molar-refractivity contribution in [1.29, 1.82) is 0 Å². The largest absolute Gasteiger partial charge is 0.494 e. The summed E-state index contributed by atoms with van der Waals surface area (Å²) < 4.78 is 5.03. The van der Waals surface area contributed by atoms with Crippen molar-refractivity contribution in [3.8, 4) is 18.1 Å². The third-order valence-corrected chi connectivity index (χ3v) is 1.91. The number of hydrogen-bond donors (Lipinski definition) is 0. The van der Waals surface area contributed by atoms with Crippen LogP contribution in [0.15, 0.2) is 18.5 Å². The molecule has 0 fully saturated rings. The number of terminal acetylenes is 1. The minimum absolute atomic E-state index is 0.174. The second-order valence-electron chi connectivity index (χ2n) is 2.94. The van der Waals surface area contributed by atoms with Crippen molar-refractivity contribution in [1.82, 2.24) is 9.88 Å². The Hall–Kier alpha value is -2.02. The Bertz CT molecular complexity index is 396. The number of carbonyl (C=O) groups is 1. The van der Waals surface area contributed by atoms with Gasteiger partial charge in [0.05, 0.1) is 25.4 Å². The first kappa shape index (κ1) is 11.1. The summed E-state index contributed by atoms with van der Waals surface area (Å²) in [5.74, 6) is 2.68. The Labute approximate surface area is 88.9 Å². The van der Waals surface area contributed by atoms with Gasteiger partial charge in [0.15, 0.2) is 0 Å². The standard InChI is InChI=1S/C11H12N2O2/c1-4-7-13(2)11(14)9-5-6-12-8-10(9)15-3/h1,5-6,8H,7H2,2-3H3. The van der Waals surface area contributed by atoms with Crippen molar-refractivity contribution in [3.05, 3.63) is 24.0 Å². The van der Waals surface area contributed by atoms with Crippen LogP contribution >= 0.6 is 0 Å². The lowest BCUT2D eigenvalue weighted by Gasteiger charge is -2.15. The predicted molar refractivity (Wildman–Crippen MR) is 56.6 cm³/mol. The fourth-order valence-electron chi connectivity index (χ4n) is 1.13. The maximum absolute atomic E-state index is 11.8. The van der Waals surface area contributed by atoms with E-state index in [4.69, 9.17) is 11.2 Å². The number of aromatic nitrogens is 1. The van der Waals surface area contributed by atoms with E-state index >= 15 is 0 Å². The van der Waals surface area contributed by atoms with Crippen molar-refractivity contribution < 1.29 is 9.53 Å². The van der Waals surface area contributed by atoms with Crippen LogP contribution in [0.4, 0.5) is 0 Å². The summed E-state index contributed by atoms with van der Waals surface area (Å²) in [6, 6.07) is 1.61. The Morgan fingerprint density at radius 1 is 1.73 bits per heavy atom. The van der Waals surface area contributed by atoms with E-state index in [9.17, 15) is 4.79 Å². The van der Waals surface area contributed by atoms with Gasteiger partial charge in [-0.05, 0) is 6.07 Å². The molecule has 15 heavy (non-hydrogen) atoms. The maximum Gasteiger partial charge on any atom is 0.258 e. The Kier molecular flexibility index (Phi) is 3.69. The van der Waals surface area contributed by atoms with E-state index in [1.807, 2.05) is 0 Å². The topological polar surface area (TPSA) is 42.4 Å². The van der Waals surface area contributed by atoms with Gasteiger partial charge in [-0.2, -0.15) is 0 Å². The Morgan fingerprint density at radius 2 is 2.47 bits per heavy atom. The normalized spacial score (nSPS) is 9.13. The van der Waals surface area contributed by atoms with Gasteiger partial charge in [0.1, 0.15) is 5.75 Å². The molecule has 0 saturated carbocycles. The summed E-state index contributed by atoms with van der Waals surface area (Å²) in [4.78, 5) is 17.1. The number of methoxy groups -OCH3 is 1.